The van der Waals surface area contributed by atoms with Gasteiger partial charge in [-0.1, -0.05) is 35.5 Å². The normalized spacial score (nSPS) is 16.7. The molecule has 1 saturated heterocycles. The van der Waals surface area contributed by atoms with Gasteiger partial charge in [-0.25, -0.2) is 4.79 Å². The van der Waals surface area contributed by atoms with E-state index < -0.39 is 5.97 Å². The highest BCUT2D eigenvalue weighted by Gasteiger charge is 2.33. The molecule has 7 nitrogen and oxygen atoms in total. The zero-order chi connectivity index (χ0) is 17.0. The molecule has 0 atom stereocenters. The number of benzene rings is 1. The van der Waals surface area contributed by atoms with Crippen LogP contribution in [0.2, 0.25) is 0 Å². The Balaban J connectivity index is 1.83. The first kappa shape index (κ1) is 16.5. The second kappa shape index (κ2) is 7.02. The van der Waals surface area contributed by atoms with Gasteiger partial charge in [-0.05, 0) is 12.8 Å². The van der Waals surface area contributed by atoms with Crippen molar-refractivity contribution in [3.63, 3.8) is 0 Å². The summed E-state index contributed by atoms with van der Waals surface area (Å²) in [5, 5.41) is 26.2. The topological polar surface area (TPSA) is 105 Å². The van der Waals surface area contributed by atoms with Crippen LogP contribution in [0.4, 0.5) is 5.82 Å². The first-order valence-corrected chi connectivity index (χ1v) is 7.86. The summed E-state index contributed by atoms with van der Waals surface area (Å²) in [6.07, 6.45) is 1.42. The highest BCUT2D eigenvalue weighted by Crippen LogP contribution is 2.33. The SMILES string of the molecule is O=C(O)c1c(NCC2(CO)CCOCC2)noc1-c1ccccc1. The largest absolute Gasteiger partial charge is 0.477 e. The van der Waals surface area contributed by atoms with Gasteiger partial charge in [0.25, 0.3) is 0 Å². The lowest BCUT2D eigenvalue weighted by molar-refractivity contribution is -0.00865. The van der Waals surface area contributed by atoms with Gasteiger partial charge in [0.1, 0.15) is 0 Å². The molecule has 1 aromatic carbocycles. The molecule has 0 amide bonds. The zero-order valence-corrected chi connectivity index (χ0v) is 13.2. The van der Waals surface area contributed by atoms with Crippen LogP contribution in [0.25, 0.3) is 11.3 Å². The summed E-state index contributed by atoms with van der Waals surface area (Å²) in [5.74, 6) is -0.709. The number of aliphatic hydroxyl groups is 1. The van der Waals surface area contributed by atoms with E-state index in [2.05, 4.69) is 10.5 Å². The number of aromatic carboxylic acids is 1. The van der Waals surface area contributed by atoms with E-state index >= 15 is 0 Å². The van der Waals surface area contributed by atoms with Crippen molar-refractivity contribution in [2.75, 3.05) is 31.7 Å². The van der Waals surface area contributed by atoms with Crippen molar-refractivity contribution in [1.82, 2.24) is 5.16 Å². The van der Waals surface area contributed by atoms with Crippen molar-refractivity contribution < 1.29 is 24.3 Å². The molecule has 7 heteroatoms. The van der Waals surface area contributed by atoms with Crippen molar-refractivity contribution in [3.05, 3.63) is 35.9 Å². The Bertz CT molecular complexity index is 692. The van der Waals surface area contributed by atoms with Crippen molar-refractivity contribution in [2.45, 2.75) is 12.8 Å². The summed E-state index contributed by atoms with van der Waals surface area (Å²) < 4.78 is 10.6. The predicted molar refractivity (Wildman–Crippen MR) is 87.0 cm³/mol. The van der Waals surface area contributed by atoms with Crippen molar-refractivity contribution >= 4 is 11.8 Å². The maximum Gasteiger partial charge on any atom is 0.343 e. The molecule has 1 aliphatic heterocycles. The second-order valence-electron chi connectivity index (χ2n) is 6.03. The van der Waals surface area contributed by atoms with E-state index in [1.807, 2.05) is 6.07 Å². The van der Waals surface area contributed by atoms with Crippen LogP contribution in [0.5, 0.6) is 0 Å². The first-order valence-electron chi connectivity index (χ1n) is 7.86. The molecule has 128 valence electrons. The Kier molecular flexibility index (Phi) is 4.82. The van der Waals surface area contributed by atoms with E-state index in [0.717, 1.165) is 0 Å². The third kappa shape index (κ3) is 3.27. The summed E-state index contributed by atoms with van der Waals surface area (Å²) in [5.41, 5.74) is 0.319. The fourth-order valence-corrected chi connectivity index (χ4v) is 2.86. The number of carboxylic acid groups (broad SMARTS) is 1. The molecular formula is C17H20N2O5. The van der Waals surface area contributed by atoms with Crippen molar-refractivity contribution in [3.8, 4) is 11.3 Å². The van der Waals surface area contributed by atoms with Crippen LogP contribution in [-0.4, -0.2) is 47.7 Å². The summed E-state index contributed by atoms with van der Waals surface area (Å²) in [4.78, 5) is 11.7. The van der Waals surface area contributed by atoms with Crippen LogP contribution in [0.3, 0.4) is 0 Å². The maximum absolute atomic E-state index is 11.7. The molecule has 2 aromatic rings. The standard InChI is InChI=1S/C17H20N2O5/c20-11-17(6-8-23-9-7-17)10-18-15-13(16(21)22)14(24-19-15)12-4-2-1-3-5-12/h1-5,20H,6-11H2,(H,18,19)(H,21,22). The van der Waals surface area contributed by atoms with Crippen LogP contribution < -0.4 is 5.32 Å². The smallest absolute Gasteiger partial charge is 0.343 e. The van der Waals surface area contributed by atoms with Gasteiger partial charge in [0.05, 0.1) is 6.61 Å². The molecule has 24 heavy (non-hydrogen) atoms. The van der Waals surface area contributed by atoms with Crippen LogP contribution in [0.1, 0.15) is 23.2 Å². The molecule has 1 aromatic heterocycles. The summed E-state index contributed by atoms with van der Waals surface area (Å²) in [6.45, 7) is 1.59. The Labute approximate surface area is 139 Å². The summed E-state index contributed by atoms with van der Waals surface area (Å²) in [7, 11) is 0. The molecular weight excluding hydrogens is 312 g/mol. The number of aromatic nitrogens is 1. The van der Waals surface area contributed by atoms with E-state index in [4.69, 9.17) is 9.26 Å². The Morgan fingerprint density at radius 1 is 1.25 bits per heavy atom. The van der Waals surface area contributed by atoms with Gasteiger partial charge in [0.15, 0.2) is 17.1 Å². The molecule has 0 aliphatic carbocycles. The molecule has 0 radical (unpaired) electrons. The molecule has 3 N–H and O–H groups in total. The maximum atomic E-state index is 11.7. The van der Waals surface area contributed by atoms with Gasteiger partial charge in [0, 0.05) is 30.7 Å². The summed E-state index contributed by atoms with van der Waals surface area (Å²) >= 11 is 0. The van der Waals surface area contributed by atoms with Gasteiger partial charge < -0.3 is 24.8 Å². The summed E-state index contributed by atoms with van der Waals surface area (Å²) in [6, 6.07) is 8.99. The Morgan fingerprint density at radius 3 is 2.58 bits per heavy atom. The molecule has 0 spiro atoms. The lowest BCUT2D eigenvalue weighted by Crippen LogP contribution is -2.39. The number of carboxylic acids is 1. The van der Waals surface area contributed by atoms with E-state index in [-0.39, 0.29) is 29.2 Å². The molecule has 0 saturated carbocycles. The number of ether oxygens (including phenoxy) is 1. The highest BCUT2D eigenvalue weighted by molar-refractivity contribution is 5.99. The number of hydrogen-bond donors (Lipinski definition) is 3. The molecule has 1 fully saturated rings. The van der Waals surface area contributed by atoms with Crippen LogP contribution in [-0.2, 0) is 4.74 Å². The van der Waals surface area contributed by atoms with Crippen molar-refractivity contribution in [2.24, 2.45) is 5.41 Å². The molecule has 0 bridgehead atoms. The van der Waals surface area contributed by atoms with Crippen molar-refractivity contribution in [1.29, 1.82) is 0 Å². The van der Waals surface area contributed by atoms with E-state index in [0.29, 0.717) is 38.2 Å². The number of nitrogens with zero attached hydrogens (tertiary/aromatic N) is 1. The van der Waals surface area contributed by atoms with Gasteiger partial charge >= 0.3 is 5.97 Å². The molecule has 0 unspecified atom stereocenters. The average Bonchev–Trinajstić information content (AvgIpc) is 3.06. The van der Waals surface area contributed by atoms with Gasteiger partial charge in [-0.2, -0.15) is 0 Å². The third-order valence-electron chi connectivity index (χ3n) is 4.46. The van der Waals surface area contributed by atoms with Crippen LogP contribution in [0, 0.1) is 5.41 Å². The van der Waals surface area contributed by atoms with E-state index in [9.17, 15) is 15.0 Å². The Hall–Kier alpha value is -2.38. The zero-order valence-electron chi connectivity index (χ0n) is 13.2. The van der Waals surface area contributed by atoms with E-state index in [1.54, 1.807) is 24.3 Å². The minimum absolute atomic E-state index is 0.00125. The molecule has 2 heterocycles. The quantitative estimate of drug-likeness (QED) is 0.745. The highest BCUT2D eigenvalue weighted by atomic mass is 16.5. The number of nitrogens with one attached hydrogen (secondary N) is 1. The first-order chi connectivity index (χ1) is 11.7. The lowest BCUT2D eigenvalue weighted by Gasteiger charge is -2.35. The van der Waals surface area contributed by atoms with Crippen LogP contribution in [0.15, 0.2) is 34.9 Å². The average molecular weight is 332 g/mol. The van der Waals surface area contributed by atoms with Gasteiger partial charge in [-0.3, -0.25) is 0 Å². The third-order valence-corrected chi connectivity index (χ3v) is 4.46. The number of anilines is 1. The predicted octanol–water partition coefficient (Wildman–Crippen LogP) is 2.24. The van der Waals surface area contributed by atoms with Gasteiger partial charge in [0.2, 0.25) is 0 Å². The van der Waals surface area contributed by atoms with E-state index in [1.165, 1.54) is 0 Å². The minimum Gasteiger partial charge on any atom is -0.477 e. The molecule has 3 rings (SSSR count). The number of carbonyl (C=O) groups is 1. The van der Waals surface area contributed by atoms with Crippen LogP contribution >= 0.6 is 0 Å². The Morgan fingerprint density at radius 2 is 1.96 bits per heavy atom. The lowest BCUT2D eigenvalue weighted by atomic mass is 9.81. The number of rotatable bonds is 6. The number of hydrogen-bond acceptors (Lipinski definition) is 6. The second-order valence-corrected chi connectivity index (χ2v) is 6.03. The van der Waals surface area contributed by atoms with Gasteiger partial charge in [-0.15, -0.1) is 0 Å². The number of aliphatic hydroxyl groups excluding tert-OH is 1. The fraction of sp³-hybridized carbons (Fsp3) is 0.412. The monoisotopic (exact) mass is 332 g/mol. The molecule has 1 aliphatic rings. The minimum atomic E-state index is -1.11. The fourth-order valence-electron chi connectivity index (χ4n) is 2.86.